The SMILES string of the molecule is O=P1(c2ccccc2)c2ccccc2-c2c(ccc3ccccc23)N1Cc1ccccc1. The Kier molecular flexibility index (Phi) is 4.48. The van der Waals surface area contributed by atoms with Gasteiger partial charge in [-0.1, -0.05) is 97.1 Å². The third kappa shape index (κ3) is 2.84. The average molecular weight is 431 g/mol. The average Bonchev–Trinajstić information content (AvgIpc) is 2.87. The third-order valence-corrected chi connectivity index (χ3v) is 9.38. The fourth-order valence-corrected chi connectivity index (χ4v) is 7.87. The van der Waals surface area contributed by atoms with Crippen molar-refractivity contribution in [2.75, 3.05) is 4.67 Å². The molecule has 1 heterocycles. The van der Waals surface area contributed by atoms with Gasteiger partial charge in [0, 0.05) is 16.2 Å². The second kappa shape index (κ2) is 7.51. The van der Waals surface area contributed by atoms with Crippen LogP contribution in [0.2, 0.25) is 0 Å². The Hall–Kier alpha value is -3.61. The maximum absolute atomic E-state index is 15.2. The first-order valence-corrected chi connectivity index (χ1v) is 12.5. The molecule has 0 bridgehead atoms. The second-order valence-corrected chi connectivity index (χ2v) is 10.8. The fraction of sp³-hybridized carbons (Fsp3) is 0.0345. The number of nitrogens with zero attached hydrogens (tertiary/aromatic N) is 1. The molecule has 0 saturated heterocycles. The van der Waals surface area contributed by atoms with E-state index in [-0.39, 0.29) is 0 Å². The zero-order valence-corrected chi connectivity index (χ0v) is 18.5. The van der Waals surface area contributed by atoms with Crippen molar-refractivity contribution in [3.8, 4) is 11.1 Å². The van der Waals surface area contributed by atoms with Gasteiger partial charge in [-0.05, 0) is 46.2 Å². The van der Waals surface area contributed by atoms with Crippen molar-refractivity contribution < 1.29 is 4.57 Å². The highest BCUT2D eigenvalue weighted by Gasteiger charge is 2.42. The summed E-state index contributed by atoms with van der Waals surface area (Å²) in [5, 5.41) is 4.15. The minimum Gasteiger partial charge on any atom is -0.311 e. The Morgan fingerprint density at radius 1 is 0.625 bits per heavy atom. The molecule has 32 heavy (non-hydrogen) atoms. The zero-order valence-electron chi connectivity index (χ0n) is 17.6. The molecule has 6 rings (SSSR count). The largest absolute Gasteiger partial charge is 0.311 e. The number of anilines is 1. The third-order valence-electron chi connectivity index (χ3n) is 6.31. The van der Waals surface area contributed by atoms with E-state index in [2.05, 4.69) is 59.3 Å². The lowest BCUT2D eigenvalue weighted by Gasteiger charge is -2.40. The molecule has 1 unspecified atom stereocenters. The minimum atomic E-state index is -3.11. The van der Waals surface area contributed by atoms with E-state index in [0.717, 1.165) is 33.0 Å². The molecule has 1 aliphatic rings. The molecule has 0 radical (unpaired) electrons. The van der Waals surface area contributed by atoms with Crippen LogP contribution in [-0.2, 0) is 11.1 Å². The van der Waals surface area contributed by atoms with Gasteiger partial charge < -0.3 is 4.67 Å². The van der Waals surface area contributed by atoms with E-state index >= 15 is 4.57 Å². The molecule has 0 saturated carbocycles. The topological polar surface area (TPSA) is 20.3 Å². The lowest BCUT2D eigenvalue weighted by Crippen LogP contribution is -2.36. The van der Waals surface area contributed by atoms with Gasteiger partial charge in [-0.15, -0.1) is 0 Å². The van der Waals surface area contributed by atoms with Crippen LogP contribution in [0.4, 0.5) is 5.69 Å². The van der Waals surface area contributed by atoms with Crippen molar-refractivity contribution in [1.29, 1.82) is 0 Å². The minimum absolute atomic E-state index is 0.576. The smallest absolute Gasteiger partial charge is 0.230 e. The number of hydrogen-bond acceptors (Lipinski definition) is 1. The molecule has 1 aliphatic heterocycles. The Morgan fingerprint density at radius 3 is 2.09 bits per heavy atom. The Labute approximate surface area is 188 Å². The highest BCUT2D eigenvalue weighted by Crippen LogP contribution is 2.59. The first-order valence-electron chi connectivity index (χ1n) is 10.9. The monoisotopic (exact) mass is 431 g/mol. The summed E-state index contributed by atoms with van der Waals surface area (Å²) in [6.07, 6.45) is 0. The van der Waals surface area contributed by atoms with E-state index in [0.29, 0.717) is 6.54 Å². The summed E-state index contributed by atoms with van der Waals surface area (Å²) < 4.78 is 17.4. The Balaban J connectivity index is 1.71. The first-order chi connectivity index (χ1) is 15.8. The van der Waals surface area contributed by atoms with E-state index in [1.165, 1.54) is 10.8 Å². The van der Waals surface area contributed by atoms with Crippen LogP contribution in [0.3, 0.4) is 0 Å². The number of rotatable bonds is 3. The Bertz CT molecular complexity index is 1480. The molecule has 154 valence electrons. The van der Waals surface area contributed by atoms with Gasteiger partial charge in [-0.25, -0.2) is 0 Å². The van der Waals surface area contributed by atoms with Gasteiger partial charge >= 0.3 is 0 Å². The lowest BCUT2D eigenvalue weighted by molar-refractivity contribution is 0.583. The molecule has 1 atom stereocenters. The molecule has 5 aromatic carbocycles. The van der Waals surface area contributed by atoms with Gasteiger partial charge in [0.2, 0.25) is 7.29 Å². The van der Waals surface area contributed by atoms with Crippen molar-refractivity contribution in [2.45, 2.75) is 6.54 Å². The summed E-state index contributed by atoms with van der Waals surface area (Å²) in [7, 11) is -3.11. The number of benzene rings is 5. The molecule has 0 aromatic heterocycles. The standard InChI is InChI=1S/C29H22NOP/c31-32(24-14-5-2-6-15-24)28-18-10-9-17-26(28)29-25-16-8-7-13-23(25)19-20-27(29)30(32)21-22-11-3-1-4-12-22/h1-20H,21H2. The number of fused-ring (bicyclic) bond motifs is 5. The summed E-state index contributed by atoms with van der Waals surface area (Å²) in [4.78, 5) is 0. The second-order valence-electron chi connectivity index (χ2n) is 8.15. The van der Waals surface area contributed by atoms with Gasteiger partial charge in [0.05, 0.1) is 12.2 Å². The first kappa shape index (κ1) is 19.1. The lowest BCUT2D eigenvalue weighted by atomic mass is 9.96. The molecule has 2 nitrogen and oxygen atoms in total. The normalized spacial score (nSPS) is 17.1. The van der Waals surface area contributed by atoms with Crippen molar-refractivity contribution in [3.63, 3.8) is 0 Å². The van der Waals surface area contributed by atoms with Crippen LogP contribution < -0.4 is 15.3 Å². The van der Waals surface area contributed by atoms with Gasteiger partial charge in [0.25, 0.3) is 0 Å². The molecule has 0 amide bonds. The van der Waals surface area contributed by atoms with E-state index < -0.39 is 7.29 Å². The number of hydrogen-bond donors (Lipinski definition) is 0. The van der Waals surface area contributed by atoms with Crippen molar-refractivity contribution in [2.24, 2.45) is 0 Å². The van der Waals surface area contributed by atoms with Crippen LogP contribution in [0, 0.1) is 0 Å². The summed E-state index contributed by atoms with van der Waals surface area (Å²) in [5.74, 6) is 0. The van der Waals surface area contributed by atoms with Gasteiger partial charge in [-0.2, -0.15) is 0 Å². The molecule has 0 aliphatic carbocycles. The Morgan fingerprint density at radius 2 is 1.28 bits per heavy atom. The maximum atomic E-state index is 15.2. The molecular formula is C29H22NOP. The van der Waals surface area contributed by atoms with Crippen molar-refractivity contribution >= 4 is 34.4 Å². The van der Waals surface area contributed by atoms with Gasteiger partial charge in [0.15, 0.2) is 0 Å². The summed E-state index contributed by atoms with van der Waals surface area (Å²) in [6, 6.07) is 41.2. The van der Waals surface area contributed by atoms with Crippen LogP contribution in [0.15, 0.2) is 121 Å². The summed E-state index contributed by atoms with van der Waals surface area (Å²) >= 11 is 0. The molecular weight excluding hydrogens is 409 g/mol. The van der Waals surface area contributed by atoms with Crippen LogP contribution in [-0.4, -0.2) is 0 Å². The van der Waals surface area contributed by atoms with Crippen LogP contribution in [0.5, 0.6) is 0 Å². The molecule has 5 aromatic rings. The van der Waals surface area contributed by atoms with E-state index in [1.54, 1.807) is 0 Å². The van der Waals surface area contributed by atoms with E-state index in [1.807, 2.05) is 66.7 Å². The van der Waals surface area contributed by atoms with Crippen molar-refractivity contribution in [3.05, 3.63) is 127 Å². The maximum Gasteiger partial charge on any atom is 0.230 e. The molecule has 0 N–H and O–H groups in total. The molecule has 3 heteroatoms. The van der Waals surface area contributed by atoms with E-state index in [9.17, 15) is 0 Å². The van der Waals surface area contributed by atoms with Gasteiger partial charge in [-0.3, -0.25) is 4.57 Å². The zero-order chi connectivity index (χ0) is 21.5. The van der Waals surface area contributed by atoms with Crippen LogP contribution in [0.25, 0.3) is 21.9 Å². The summed E-state index contributed by atoms with van der Waals surface area (Å²) in [5.41, 5.74) is 4.40. The van der Waals surface area contributed by atoms with Crippen molar-refractivity contribution in [1.82, 2.24) is 0 Å². The highest BCUT2D eigenvalue weighted by molar-refractivity contribution is 7.80. The highest BCUT2D eigenvalue weighted by atomic mass is 31.2. The molecule has 0 fully saturated rings. The predicted molar refractivity (Wildman–Crippen MR) is 135 cm³/mol. The molecule has 0 spiro atoms. The fourth-order valence-electron chi connectivity index (χ4n) is 4.84. The quantitative estimate of drug-likeness (QED) is 0.294. The van der Waals surface area contributed by atoms with Crippen LogP contribution >= 0.6 is 7.29 Å². The van der Waals surface area contributed by atoms with E-state index in [4.69, 9.17) is 0 Å². The summed E-state index contributed by atoms with van der Waals surface area (Å²) in [6.45, 7) is 0.576. The van der Waals surface area contributed by atoms with Crippen LogP contribution in [0.1, 0.15) is 5.56 Å². The predicted octanol–water partition coefficient (Wildman–Crippen LogP) is 6.76. The van der Waals surface area contributed by atoms with Gasteiger partial charge in [0.1, 0.15) is 0 Å².